The van der Waals surface area contributed by atoms with E-state index in [1.165, 1.54) is 0 Å². The summed E-state index contributed by atoms with van der Waals surface area (Å²) >= 11 is 2.26. The maximum atomic E-state index is 5.16. The van der Waals surface area contributed by atoms with Crippen LogP contribution in [0.2, 0.25) is 0 Å². The first-order chi connectivity index (χ1) is 6.77. The maximum absolute atomic E-state index is 5.16. The third-order valence-corrected chi connectivity index (χ3v) is 2.49. The number of aromatic nitrogens is 2. The van der Waals surface area contributed by atoms with Crippen molar-refractivity contribution < 1.29 is 4.74 Å². The number of methoxy groups -OCH3 is 1. The molecular formula is C9H16IN3O. The molecule has 0 saturated carbocycles. The minimum Gasteiger partial charge on any atom is -0.382 e. The lowest BCUT2D eigenvalue weighted by Crippen LogP contribution is -2.28. The molecular weight excluding hydrogens is 293 g/mol. The highest BCUT2D eigenvalue weighted by molar-refractivity contribution is 14.1. The van der Waals surface area contributed by atoms with Gasteiger partial charge in [-0.1, -0.05) is 6.92 Å². The number of hydrogen-bond acceptors (Lipinski definition) is 3. The zero-order valence-corrected chi connectivity index (χ0v) is 10.7. The smallest absolute Gasteiger partial charge is 0.0876 e. The molecule has 0 saturated heterocycles. The van der Waals surface area contributed by atoms with Gasteiger partial charge in [0, 0.05) is 19.9 Å². The second-order valence-electron chi connectivity index (χ2n) is 3.06. The van der Waals surface area contributed by atoms with Crippen molar-refractivity contribution in [3.05, 3.63) is 16.0 Å². The zero-order valence-electron chi connectivity index (χ0n) is 8.53. The van der Waals surface area contributed by atoms with Gasteiger partial charge in [-0.25, -0.2) is 0 Å². The van der Waals surface area contributed by atoms with Crippen molar-refractivity contribution in [1.29, 1.82) is 0 Å². The molecule has 0 aliphatic heterocycles. The molecule has 1 unspecified atom stereocenters. The van der Waals surface area contributed by atoms with Crippen molar-refractivity contribution >= 4 is 22.6 Å². The molecule has 0 amide bonds. The molecule has 1 N–H and O–H groups in total. The van der Waals surface area contributed by atoms with E-state index in [0.29, 0.717) is 6.61 Å². The molecule has 80 valence electrons. The average molecular weight is 309 g/mol. The molecule has 1 aromatic rings. The Balaban J connectivity index is 2.57. The van der Waals surface area contributed by atoms with Crippen molar-refractivity contribution in [3.8, 4) is 0 Å². The fraction of sp³-hybridized carbons (Fsp3) is 0.667. The molecule has 1 rings (SSSR count). The van der Waals surface area contributed by atoms with Gasteiger partial charge in [0.25, 0.3) is 0 Å². The number of nitrogens with zero attached hydrogens (tertiary/aromatic N) is 2. The SMILES string of the molecule is CCNCC(COC)n1cc(I)cn1. The molecule has 5 heteroatoms. The molecule has 0 bridgehead atoms. The lowest BCUT2D eigenvalue weighted by molar-refractivity contribution is 0.148. The van der Waals surface area contributed by atoms with Gasteiger partial charge < -0.3 is 10.1 Å². The van der Waals surface area contributed by atoms with Crippen LogP contribution < -0.4 is 5.32 Å². The Morgan fingerprint density at radius 1 is 1.71 bits per heavy atom. The van der Waals surface area contributed by atoms with Crippen LogP contribution in [0.3, 0.4) is 0 Å². The van der Waals surface area contributed by atoms with E-state index in [0.717, 1.165) is 16.7 Å². The van der Waals surface area contributed by atoms with Gasteiger partial charge in [0.05, 0.1) is 22.4 Å². The molecule has 1 aromatic heterocycles. The summed E-state index contributed by atoms with van der Waals surface area (Å²) in [5, 5.41) is 7.57. The molecule has 0 radical (unpaired) electrons. The van der Waals surface area contributed by atoms with Crippen LogP contribution in [0.15, 0.2) is 12.4 Å². The van der Waals surface area contributed by atoms with E-state index in [1.54, 1.807) is 7.11 Å². The number of halogens is 1. The summed E-state index contributed by atoms with van der Waals surface area (Å²) in [6.07, 6.45) is 3.89. The van der Waals surface area contributed by atoms with Gasteiger partial charge in [0.2, 0.25) is 0 Å². The highest BCUT2D eigenvalue weighted by Crippen LogP contribution is 2.08. The third-order valence-electron chi connectivity index (χ3n) is 1.93. The minimum absolute atomic E-state index is 0.281. The van der Waals surface area contributed by atoms with E-state index in [-0.39, 0.29) is 6.04 Å². The molecule has 4 nitrogen and oxygen atoms in total. The monoisotopic (exact) mass is 309 g/mol. The van der Waals surface area contributed by atoms with E-state index < -0.39 is 0 Å². The van der Waals surface area contributed by atoms with Crippen molar-refractivity contribution in [3.63, 3.8) is 0 Å². The molecule has 0 fully saturated rings. The van der Waals surface area contributed by atoms with Gasteiger partial charge in [-0.15, -0.1) is 0 Å². The molecule has 0 aromatic carbocycles. The maximum Gasteiger partial charge on any atom is 0.0876 e. The van der Waals surface area contributed by atoms with Crippen LogP contribution in [0, 0.1) is 3.57 Å². The van der Waals surface area contributed by atoms with Crippen LogP contribution in [-0.4, -0.2) is 36.6 Å². The average Bonchev–Trinajstić information content (AvgIpc) is 2.59. The van der Waals surface area contributed by atoms with Gasteiger partial charge in [-0.05, 0) is 29.1 Å². The first-order valence-electron chi connectivity index (χ1n) is 4.67. The number of rotatable bonds is 6. The highest BCUT2D eigenvalue weighted by atomic mass is 127. The Bertz CT molecular complexity index is 264. The summed E-state index contributed by atoms with van der Waals surface area (Å²) in [5.74, 6) is 0. The molecule has 1 atom stereocenters. The molecule has 14 heavy (non-hydrogen) atoms. The van der Waals surface area contributed by atoms with E-state index in [1.807, 2.05) is 17.1 Å². The number of hydrogen-bond donors (Lipinski definition) is 1. The van der Waals surface area contributed by atoms with E-state index in [2.05, 4.69) is 39.9 Å². The number of likely N-dealkylation sites (N-methyl/N-ethyl adjacent to an activating group) is 1. The van der Waals surface area contributed by atoms with Gasteiger partial charge in [0.15, 0.2) is 0 Å². The quantitative estimate of drug-likeness (QED) is 0.805. The summed E-state index contributed by atoms with van der Waals surface area (Å²) in [6.45, 7) is 4.64. The van der Waals surface area contributed by atoms with Gasteiger partial charge >= 0.3 is 0 Å². The predicted molar refractivity (Wildman–Crippen MR) is 64.4 cm³/mol. The first-order valence-corrected chi connectivity index (χ1v) is 5.75. The molecule has 0 aliphatic rings. The second-order valence-corrected chi connectivity index (χ2v) is 4.30. The fourth-order valence-electron chi connectivity index (χ4n) is 1.25. The summed E-state index contributed by atoms with van der Waals surface area (Å²) < 4.78 is 8.27. The molecule has 0 aliphatic carbocycles. The Kier molecular flexibility index (Phi) is 5.42. The minimum atomic E-state index is 0.281. The van der Waals surface area contributed by atoms with E-state index >= 15 is 0 Å². The van der Waals surface area contributed by atoms with Crippen molar-refractivity contribution in [1.82, 2.24) is 15.1 Å². The normalized spacial score (nSPS) is 13.1. The lowest BCUT2D eigenvalue weighted by Gasteiger charge is -2.16. The summed E-state index contributed by atoms with van der Waals surface area (Å²) in [5.41, 5.74) is 0. The topological polar surface area (TPSA) is 39.1 Å². The first kappa shape index (κ1) is 11.9. The number of nitrogens with one attached hydrogen (secondary N) is 1. The van der Waals surface area contributed by atoms with Crippen molar-refractivity contribution in [2.45, 2.75) is 13.0 Å². The van der Waals surface area contributed by atoms with E-state index in [9.17, 15) is 0 Å². The van der Waals surface area contributed by atoms with Crippen LogP contribution in [0.1, 0.15) is 13.0 Å². The van der Waals surface area contributed by atoms with Gasteiger partial charge in [0.1, 0.15) is 0 Å². The third kappa shape index (κ3) is 3.55. The molecule has 1 heterocycles. The van der Waals surface area contributed by atoms with Crippen LogP contribution >= 0.6 is 22.6 Å². The van der Waals surface area contributed by atoms with Gasteiger partial charge in [-0.3, -0.25) is 4.68 Å². The van der Waals surface area contributed by atoms with Crippen LogP contribution in [-0.2, 0) is 4.74 Å². The Morgan fingerprint density at radius 2 is 2.50 bits per heavy atom. The summed E-state index contributed by atoms with van der Waals surface area (Å²) in [7, 11) is 1.72. The van der Waals surface area contributed by atoms with Crippen LogP contribution in [0.25, 0.3) is 0 Å². The summed E-state index contributed by atoms with van der Waals surface area (Å²) in [6, 6.07) is 0.281. The Hall–Kier alpha value is -0.140. The highest BCUT2D eigenvalue weighted by Gasteiger charge is 2.10. The zero-order chi connectivity index (χ0) is 10.4. The predicted octanol–water partition coefficient (Wildman–Crippen LogP) is 1.28. The van der Waals surface area contributed by atoms with Crippen molar-refractivity contribution in [2.24, 2.45) is 0 Å². The summed E-state index contributed by atoms with van der Waals surface area (Å²) in [4.78, 5) is 0. The Morgan fingerprint density at radius 3 is 3.00 bits per heavy atom. The second kappa shape index (κ2) is 6.36. The standard InChI is InChI=1S/C9H16IN3O/c1-3-11-5-9(7-14-2)13-6-8(10)4-12-13/h4,6,9,11H,3,5,7H2,1-2H3. The van der Waals surface area contributed by atoms with Crippen LogP contribution in [0.5, 0.6) is 0 Å². The molecule has 0 spiro atoms. The van der Waals surface area contributed by atoms with Crippen molar-refractivity contribution in [2.75, 3.05) is 26.8 Å². The lowest BCUT2D eigenvalue weighted by atomic mass is 10.3. The Labute approximate surface area is 98.2 Å². The van der Waals surface area contributed by atoms with Crippen LogP contribution in [0.4, 0.5) is 0 Å². The fourth-order valence-corrected chi connectivity index (χ4v) is 1.66. The largest absolute Gasteiger partial charge is 0.382 e. The number of ether oxygens (including phenoxy) is 1. The van der Waals surface area contributed by atoms with Gasteiger partial charge in [-0.2, -0.15) is 5.10 Å². The van der Waals surface area contributed by atoms with E-state index in [4.69, 9.17) is 4.74 Å².